The normalized spacial score (nSPS) is 16.5. The van der Waals surface area contributed by atoms with Crippen molar-refractivity contribution >= 4 is 35.6 Å². The Labute approximate surface area is 253 Å². The Morgan fingerprint density at radius 3 is 2.02 bits per heavy atom. The van der Waals surface area contributed by atoms with Crippen LogP contribution in [0.5, 0.6) is 5.75 Å². The Bertz CT molecular complexity index is 1340. The summed E-state index contributed by atoms with van der Waals surface area (Å²) in [7, 11) is 0. The number of carbonyl (C=O) groups is 6. The monoisotopic (exact) mass is 612 g/mol. The molecule has 1 heterocycles. The molecular formula is C30H36N4O10. The van der Waals surface area contributed by atoms with Crippen molar-refractivity contribution < 1.29 is 49.2 Å². The molecule has 3 rings (SSSR count). The summed E-state index contributed by atoms with van der Waals surface area (Å²) in [5.41, 5.74) is 1.22. The highest BCUT2D eigenvalue weighted by molar-refractivity contribution is 5.95. The summed E-state index contributed by atoms with van der Waals surface area (Å²) in [4.78, 5) is 77.5. The molecule has 1 aliphatic rings. The predicted octanol–water partition coefficient (Wildman–Crippen LogP) is 0.0823. The number of nitrogens with zero attached hydrogens (tertiary/aromatic N) is 2. The van der Waals surface area contributed by atoms with Crippen LogP contribution in [0.2, 0.25) is 0 Å². The zero-order valence-corrected chi connectivity index (χ0v) is 24.1. The Balaban J connectivity index is 1.87. The van der Waals surface area contributed by atoms with Gasteiger partial charge in [-0.1, -0.05) is 42.5 Å². The topological polar surface area (TPSA) is 214 Å². The first-order chi connectivity index (χ1) is 20.8. The molecular weight excluding hydrogens is 576 g/mol. The number of rotatable bonds is 15. The number of carboxylic acids is 3. The summed E-state index contributed by atoms with van der Waals surface area (Å²) in [6.07, 6.45) is 0.591. The van der Waals surface area contributed by atoms with E-state index in [-0.39, 0.29) is 31.6 Å². The Hall–Kier alpha value is -4.98. The van der Waals surface area contributed by atoms with Gasteiger partial charge < -0.3 is 36.0 Å². The lowest BCUT2D eigenvalue weighted by atomic mass is 10.0. The van der Waals surface area contributed by atoms with E-state index in [1.54, 1.807) is 42.5 Å². The van der Waals surface area contributed by atoms with Crippen LogP contribution in [0.15, 0.2) is 54.6 Å². The number of aliphatic carboxylic acids is 3. The van der Waals surface area contributed by atoms with Crippen LogP contribution < -0.4 is 10.6 Å². The molecule has 44 heavy (non-hydrogen) atoms. The van der Waals surface area contributed by atoms with Crippen LogP contribution in [0, 0.1) is 0 Å². The van der Waals surface area contributed by atoms with Gasteiger partial charge >= 0.3 is 17.9 Å². The highest BCUT2D eigenvalue weighted by Crippen LogP contribution is 2.22. The third kappa shape index (κ3) is 9.52. The minimum Gasteiger partial charge on any atom is -0.508 e. The maximum absolute atomic E-state index is 14.0. The zero-order chi connectivity index (χ0) is 32.4. The average molecular weight is 613 g/mol. The summed E-state index contributed by atoms with van der Waals surface area (Å²) in [6.45, 7) is -0.0429. The maximum Gasteiger partial charge on any atom is 0.325 e. The molecule has 236 valence electrons. The van der Waals surface area contributed by atoms with Crippen LogP contribution in [0.25, 0.3) is 0 Å². The molecule has 1 saturated heterocycles. The number of hydrogen-bond donors (Lipinski definition) is 6. The maximum atomic E-state index is 14.0. The molecule has 2 aromatic carbocycles. The molecule has 3 amide bonds. The largest absolute Gasteiger partial charge is 0.508 e. The van der Waals surface area contributed by atoms with E-state index in [0.717, 1.165) is 4.90 Å². The van der Waals surface area contributed by atoms with E-state index in [9.17, 15) is 49.2 Å². The molecule has 0 radical (unpaired) electrons. The first-order valence-corrected chi connectivity index (χ1v) is 14.0. The predicted molar refractivity (Wildman–Crippen MR) is 154 cm³/mol. The smallest absolute Gasteiger partial charge is 0.325 e. The molecule has 0 aliphatic carbocycles. The van der Waals surface area contributed by atoms with Gasteiger partial charge in [-0.15, -0.1) is 0 Å². The van der Waals surface area contributed by atoms with Crippen LogP contribution in [-0.2, 0) is 41.6 Å². The SMILES string of the molecule is C[C@H](NC(=O)[C@H](Cc1ccc(O)cc1)NC(=O)[C@@H]1CCCN1C(=O)[C@H](Cc1ccccc1)N(CC(=O)O)CC(=O)O)C(=O)O. The van der Waals surface area contributed by atoms with Crippen molar-refractivity contribution in [3.8, 4) is 5.75 Å². The van der Waals surface area contributed by atoms with E-state index in [2.05, 4.69) is 10.6 Å². The van der Waals surface area contributed by atoms with Gasteiger partial charge in [0.15, 0.2) is 0 Å². The summed E-state index contributed by atoms with van der Waals surface area (Å²) < 4.78 is 0. The molecule has 14 nitrogen and oxygen atoms in total. The Morgan fingerprint density at radius 2 is 1.45 bits per heavy atom. The van der Waals surface area contributed by atoms with Crippen molar-refractivity contribution in [2.24, 2.45) is 0 Å². The van der Waals surface area contributed by atoms with Gasteiger partial charge in [-0.2, -0.15) is 0 Å². The van der Waals surface area contributed by atoms with Crippen molar-refractivity contribution in [3.63, 3.8) is 0 Å². The number of carbonyl (C=O) groups excluding carboxylic acids is 3. The molecule has 0 spiro atoms. The molecule has 6 N–H and O–H groups in total. The number of hydrogen-bond acceptors (Lipinski definition) is 8. The van der Waals surface area contributed by atoms with Crippen LogP contribution in [0.4, 0.5) is 0 Å². The van der Waals surface area contributed by atoms with Gasteiger partial charge in [0.05, 0.1) is 19.1 Å². The average Bonchev–Trinajstić information content (AvgIpc) is 3.46. The third-order valence-electron chi connectivity index (χ3n) is 7.25. The van der Waals surface area contributed by atoms with Crippen molar-refractivity contribution in [1.29, 1.82) is 0 Å². The number of phenolic OH excluding ortho intramolecular Hbond substituents is 1. The standard InChI is InChI=1S/C30H36N4O10/c1-18(30(43)44)31-27(40)22(14-20-9-11-21(35)12-10-20)32-28(41)23-8-5-13-34(23)29(42)24(15-19-6-3-2-4-7-19)33(16-25(36)37)17-26(38)39/h2-4,6-7,9-12,18,22-24,35H,5,8,13-17H2,1H3,(H,31,40)(H,32,41)(H,36,37)(H,38,39)(H,43,44)/t18-,22-,23-,24-/m0/s1. The number of likely N-dealkylation sites (tertiary alicyclic amines) is 1. The summed E-state index contributed by atoms with van der Waals surface area (Å²) in [5.74, 6) is -6.03. The fourth-order valence-electron chi connectivity index (χ4n) is 5.05. The zero-order valence-electron chi connectivity index (χ0n) is 24.1. The van der Waals surface area contributed by atoms with Crippen LogP contribution in [-0.4, -0.2) is 110 Å². The lowest BCUT2D eigenvalue weighted by molar-refractivity contribution is -0.149. The summed E-state index contributed by atoms with van der Waals surface area (Å²) in [6, 6.07) is 9.79. The minimum absolute atomic E-state index is 0.00989. The highest BCUT2D eigenvalue weighted by Gasteiger charge is 2.41. The van der Waals surface area contributed by atoms with Gasteiger partial charge in [-0.25, -0.2) is 0 Å². The number of amides is 3. The number of benzene rings is 2. The molecule has 0 bridgehead atoms. The van der Waals surface area contributed by atoms with Crippen LogP contribution >= 0.6 is 0 Å². The first-order valence-electron chi connectivity index (χ1n) is 14.0. The van der Waals surface area contributed by atoms with Crippen molar-refractivity contribution in [3.05, 3.63) is 65.7 Å². The third-order valence-corrected chi connectivity index (χ3v) is 7.25. The van der Waals surface area contributed by atoms with Gasteiger partial charge in [0.1, 0.15) is 23.9 Å². The lowest BCUT2D eigenvalue weighted by Crippen LogP contribution is -2.58. The van der Waals surface area contributed by atoms with Crippen molar-refractivity contribution in [1.82, 2.24) is 20.4 Å². The van der Waals surface area contributed by atoms with E-state index in [1.807, 2.05) is 0 Å². The lowest BCUT2D eigenvalue weighted by Gasteiger charge is -2.34. The minimum atomic E-state index is -1.33. The second-order valence-corrected chi connectivity index (χ2v) is 10.6. The Morgan fingerprint density at radius 1 is 0.864 bits per heavy atom. The van der Waals surface area contributed by atoms with Gasteiger partial charge in [-0.3, -0.25) is 33.7 Å². The van der Waals surface area contributed by atoms with Gasteiger partial charge in [0, 0.05) is 13.0 Å². The molecule has 0 aromatic heterocycles. The first kappa shape index (κ1) is 33.5. The fourth-order valence-corrected chi connectivity index (χ4v) is 5.05. The van der Waals surface area contributed by atoms with E-state index in [4.69, 9.17) is 0 Å². The van der Waals surface area contributed by atoms with Crippen LogP contribution in [0.1, 0.15) is 30.9 Å². The second kappa shape index (κ2) is 15.5. The van der Waals surface area contributed by atoms with E-state index in [1.165, 1.54) is 24.0 Å². The van der Waals surface area contributed by atoms with Crippen LogP contribution in [0.3, 0.4) is 0 Å². The van der Waals surface area contributed by atoms with E-state index < -0.39 is 72.9 Å². The molecule has 14 heteroatoms. The van der Waals surface area contributed by atoms with Gasteiger partial charge in [0.25, 0.3) is 0 Å². The highest BCUT2D eigenvalue weighted by atomic mass is 16.4. The quantitative estimate of drug-likeness (QED) is 0.158. The molecule has 1 fully saturated rings. The molecule has 1 aliphatic heterocycles. The number of aromatic hydroxyl groups is 1. The van der Waals surface area contributed by atoms with Crippen molar-refractivity contribution in [2.75, 3.05) is 19.6 Å². The summed E-state index contributed by atoms with van der Waals surface area (Å²) in [5, 5.41) is 42.8. The fraction of sp³-hybridized carbons (Fsp3) is 0.400. The van der Waals surface area contributed by atoms with Crippen molar-refractivity contribution in [2.45, 2.75) is 56.8 Å². The molecule has 0 unspecified atom stereocenters. The second-order valence-electron chi connectivity index (χ2n) is 10.6. The molecule has 4 atom stereocenters. The molecule has 0 saturated carbocycles. The van der Waals surface area contributed by atoms with E-state index >= 15 is 0 Å². The van der Waals surface area contributed by atoms with E-state index in [0.29, 0.717) is 17.5 Å². The number of phenols is 1. The van der Waals surface area contributed by atoms with Gasteiger partial charge in [0.2, 0.25) is 17.7 Å². The summed E-state index contributed by atoms with van der Waals surface area (Å²) >= 11 is 0. The number of nitrogens with one attached hydrogen (secondary N) is 2. The molecule has 2 aromatic rings. The Kier molecular flexibility index (Phi) is 11.8. The van der Waals surface area contributed by atoms with Gasteiger partial charge in [-0.05, 0) is 49.4 Å². The number of carboxylic acid groups (broad SMARTS) is 3.